The zero-order chi connectivity index (χ0) is 12.5. The molecule has 0 rings (SSSR count). The molecule has 0 saturated heterocycles. The van der Waals surface area contributed by atoms with Crippen LogP contribution in [0.15, 0.2) is 0 Å². The smallest absolute Gasteiger partial charge is 0.0110 e. The Bertz CT molecular complexity index is 117. The van der Waals surface area contributed by atoms with Crippen molar-refractivity contribution >= 4 is 17.4 Å². The first kappa shape index (κ1) is 21.2. The molecule has 7 heteroatoms. The van der Waals surface area contributed by atoms with Crippen molar-refractivity contribution in [1.82, 2.24) is 0 Å². The largest absolute Gasteiger partial charge is 0.804 e. The molecule has 0 N–H and O–H groups in total. The standard InChI is InChI=1S/C8H17.Co.2H3O2P/c1-4-6-7-8(3)5-2;;2*1-3-2/h8H,3-7H2,1-2H3;;2*3H2,(H,1,2)/q;+2;;/p-2. The summed E-state index contributed by atoms with van der Waals surface area (Å²) in [6.07, 6.45) is 5.36. The maximum absolute atomic E-state index is 8.46. The molecule has 0 aromatic heterocycles. The Labute approximate surface area is 103 Å². The van der Waals surface area contributed by atoms with Crippen molar-refractivity contribution < 1.29 is 34.7 Å². The minimum Gasteiger partial charge on any atom is -0.804 e. The Morgan fingerprint density at radius 1 is 1.20 bits per heavy atom. The molecule has 0 bridgehead atoms. The zero-order valence-electron chi connectivity index (χ0n) is 9.23. The van der Waals surface area contributed by atoms with Gasteiger partial charge >= 0.3 is 66.5 Å². The fraction of sp³-hybridized carbons (Fsp3) is 1.00. The Kier molecular flexibility index (Phi) is 34.2. The second-order valence-corrected chi connectivity index (χ2v) is 3.55. The van der Waals surface area contributed by atoms with Crippen LogP contribution in [0.2, 0.25) is 5.36 Å². The molecule has 0 radical (unpaired) electrons. The molecule has 0 aliphatic carbocycles. The van der Waals surface area contributed by atoms with E-state index in [4.69, 9.17) is 18.9 Å². The average Bonchev–Trinajstić information content (AvgIpc) is 2.22. The van der Waals surface area contributed by atoms with Gasteiger partial charge in [0.1, 0.15) is 0 Å². The molecule has 0 amide bonds. The topological polar surface area (TPSA) is 80.3 Å². The van der Waals surface area contributed by atoms with Gasteiger partial charge in [0.25, 0.3) is 0 Å². The van der Waals surface area contributed by atoms with Gasteiger partial charge < -0.3 is 18.9 Å². The summed E-state index contributed by atoms with van der Waals surface area (Å²) >= 11 is 4.31. The average molecular weight is 302 g/mol. The van der Waals surface area contributed by atoms with E-state index in [0.29, 0.717) is 0 Å². The zero-order valence-corrected chi connectivity index (χ0v) is 12.6. The van der Waals surface area contributed by atoms with Crippen LogP contribution >= 0.6 is 17.4 Å². The van der Waals surface area contributed by atoms with Gasteiger partial charge in [-0.1, -0.05) is 0 Å². The maximum Gasteiger partial charge on any atom is -0.0110 e. The van der Waals surface area contributed by atoms with E-state index in [1.807, 2.05) is 0 Å². The minimum atomic E-state index is -1.75. The van der Waals surface area contributed by atoms with E-state index in [1.165, 1.54) is 25.7 Å². The predicted octanol–water partition coefficient (Wildman–Crippen LogP) is 1.20. The fourth-order valence-electron chi connectivity index (χ4n) is 0.861. The van der Waals surface area contributed by atoms with E-state index < -0.39 is 17.4 Å². The van der Waals surface area contributed by atoms with Crippen molar-refractivity contribution in [3.05, 3.63) is 0 Å². The number of rotatable bonds is 5. The SMILES string of the molecule is CCCCC(CC)[CH2][Co+2].O=[PH2][O-].O=[PH2][O-]. The molecule has 0 saturated carbocycles. The van der Waals surface area contributed by atoms with Gasteiger partial charge in [-0.25, -0.2) is 0 Å². The number of hydrogen-bond donors (Lipinski definition) is 0. The van der Waals surface area contributed by atoms with E-state index in [9.17, 15) is 0 Å². The van der Waals surface area contributed by atoms with Gasteiger partial charge in [-0.15, -0.1) is 0 Å². The Balaban J connectivity index is -0.000000200. The van der Waals surface area contributed by atoms with Gasteiger partial charge in [0, 0.05) is 0 Å². The second kappa shape index (κ2) is 24.2. The van der Waals surface area contributed by atoms with Crippen molar-refractivity contribution in [1.29, 1.82) is 0 Å². The first-order chi connectivity index (χ1) is 7.17. The molecule has 0 aromatic carbocycles. The summed E-state index contributed by atoms with van der Waals surface area (Å²) in [5.74, 6) is 0.866. The third-order valence-electron chi connectivity index (χ3n) is 1.74. The monoisotopic (exact) mass is 302 g/mol. The Morgan fingerprint density at radius 2 is 1.60 bits per heavy atom. The van der Waals surface area contributed by atoms with Crippen LogP contribution in [0.5, 0.6) is 0 Å². The molecule has 96 valence electrons. The van der Waals surface area contributed by atoms with E-state index in [1.54, 1.807) is 0 Å². The van der Waals surface area contributed by atoms with Crippen molar-refractivity contribution in [2.75, 3.05) is 0 Å². The summed E-state index contributed by atoms with van der Waals surface area (Å²) in [4.78, 5) is 16.9. The van der Waals surface area contributed by atoms with Crippen LogP contribution in [-0.4, -0.2) is 0 Å². The van der Waals surface area contributed by atoms with E-state index in [2.05, 4.69) is 29.6 Å². The third kappa shape index (κ3) is 31.3. The Hall–Kier alpha value is 0.886. The summed E-state index contributed by atoms with van der Waals surface area (Å²) in [7, 11) is -3.50. The summed E-state index contributed by atoms with van der Waals surface area (Å²) in [6.45, 7) is 4.49. The van der Waals surface area contributed by atoms with Crippen LogP contribution in [0.3, 0.4) is 0 Å². The summed E-state index contributed by atoms with van der Waals surface area (Å²) in [6, 6.07) is 0. The van der Waals surface area contributed by atoms with Gasteiger partial charge in [-0.05, 0) is 17.4 Å². The van der Waals surface area contributed by atoms with E-state index >= 15 is 0 Å². The number of unbranched alkanes of at least 4 members (excludes halogenated alkanes) is 1. The molecular formula is C8H21CoO4P2. The van der Waals surface area contributed by atoms with Crippen molar-refractivity contribution in [2.45, 2.75) is 44.9 Å². The molecule has 0 fully saturated rings. The quantitative estimate of drug-likeness (QED) is 0.715. The van der Waals surface area contributed by atoms with Gasteiger partial charge in [-0.3, -0.25) is 0 Å². The van der Waals surface area contributed by atoms with E-state index in [0.717, 1.165) is 11.3 Å². The normalized spacial score (nSPS) is 12.1. The van der Waals surface area contributed by atoms with Crippen molar-refractivity contribution in [3.63, 3.8) is 0 Å². The van der Waals surface area contributed by atoms with Gasteiger partial charge in [0.05, 0.1) is 0 Å². The molecule has 0 aliphatic rings. The molecular weight excluding hydrogens is 281 g/mol. The van der Waals surface area contributed by atoms with Crippen LogP contribution < -0.4 is 9.79 Å². The van der Waals surface area contributed by atoms with Gasteiger partial charge in [-0.2, -0.15) is 0 Å². The molecule has 0 heterocycles. The van der Waals surface area contributed by atoms with Crippen LogP contribution in [0.4, 0.5) is 0 Å². The minimum absolute atomic E-state index is 0.866. The molecule has 3 atom stereocenters. The first-order valence-corrected chi connectivity index (χ1v) is 7.44. The maximum atomic E-state index is 8.46. The molecule has 3 unspecified atom stereocenters. The van der Waals surface area contributed by atoms with Crippen LogP contribution in [-0.2, 0) is 24.9 Å². The summed E-state index contributed by atoms with van der Waals surface area (Å²) in [5, 5.41) is 1.06. The van der Waals surface area contributed by atoms with Crippen molar-refractivity contribution in [2.24, 2.45) is 5.92 Å². The molecule has 0 aliphatic heterocycles. The van der Waals surface area contributed by atoms with Crippen LogP contribution in [0, 0.1) is 5.92 Å². The molecule has 4 nitrogen and oxygen atoms in total. The fourth-order valence-corrected chi connectivity index (χ4v) is 1.37. The van der Waals surface area contributed by atoms with Crippen LogP contribution in [0.1, 0.15) is 39.5 Å². The summed E-state index contributed by atoms with van der Waals surface area (Å²) in [5.41, 5.74) is 0. The molecule has 15 heavy (non-hydrogen) atoms. The van der Waals surface area contributed by atoms with Gasteiger partial charge in [0.15, 0.2) is 0 Å². The first-order valence-electron chi connectivity index (χ1n) is 4.82. The summed E-state index contributed by atoms with van der Waals surface area (Å²) < 4.78 is 16.9. The third-order valence-corrected chi connectivity index (χ3v) is 2.34. The van der Waals surface area contributed by atoms with Crippen molar-refractivity contribution in [3.8, 4) is 0 Å². The van der Waals surface area contributed by atoms with E-state index in [-0.39, 0.29) is 0 Å². The molecule has 0 aromatic rings. The Morgan fingerprint density at radius 3 is 1.80 bits per heavy atom. The number of hydrogen-bond acceptors (Lipinski definition) is 4. The predicted molar refractivity (Wildman–Crippen MR) is 58.9 cm³/mol. The van der Waals surface area contributed by atoms with Gasteiger partial charge in [0.2, 0.25) is 0 Å². The molecule has 0 spiro atoms. The second-order valence-electron chi connectivity index (χ2n) is 2.75. The van der Waals surface area contributed by atoms with Crippen LogP contribution in [0.25, 0.3) is 0 Å².